The van der Waals surface area contributed by atoms with Crippen LogP contribution in [0.1, 0.15) is 23.2 Å². The molecule has 0 fully saturated rings. The number of ether oxygens (including phenoxy) is 2. The number of non-ortho nitro benzene ring substituents is 1. The molecule has 0 radical (unpaired) electrons. The van der Waals surface area contributed by atoms with Gasteiger partial charge in [-0.3, -0.25) is 10.1 Å². The van der Waals surface area contributed by atoms with Crippen LogP contribution in [0.3, 0.4) is 0 Å². The molecule has 0 aliphatic carbocycles. The van der Waals surface area contributed by atoms with Gasteiger partial charge in [0.2, 0.25) is 11.5 Å². The van der Waals surface area contributed by atoms with Crippen LogP contribution in [-0.2, 0) is 11.3 Å². The van der Waals surface area contributed by atoms with E-state index in [9.17, 15) is 14.9 Å². The predicted molar refractivity (Wildman–Crippen MR) is 115 cm³/mol. The minimum absolute atomic E-state index is 0.0587. The highest BCUT2D eigenvalue weighted by atomic mass is 35.5. The van der Waals surface area contributed by atoms with Crippen LogP contribution in [0.4, 0.5) is 5.69 Å². The number of esters is 1. The Bertz CT molecular complexity index is 1280. The zero-order valence-electron chi connectivity index (χ0n) is 17.2. The SMILES string of the molecule is CCOC(=O)c1nn(-c2ccc([N+](=O)[O-])cc2)cc1OCc1noc(-c2ccc(Cl)cc2)n1. The number of carbonyl (C=O) groups is 1. The van der Waals surface area contributed by atoms with Crippen LogP contribution in [-0.4, -0.2) is 37.4 Å². The Hall–Kier alpha value is -4.25. The molecule has 0 aliphatic heterocycles. The van der Waals surface area contributed by atoms with Gasteiger partial charge in [-0.25, -0.2) is 9.48 Å². The van der Waals surface area contributed by atoms with Crippen LogP contribution in [0, 0.1) is 10.1 Å². The summed E-state index contributed by atoms with van der Waals surface area (Å²) in [5.41, 5.74) is 1.06. The molecule has 0 aliphatic rings. The molecular formula is C21H16ClN5O6. The summed E-state index contributed by atoms with van der Waals surface area (Å²) in [4.78, 5) is 27.0. The van der Waals surface area contributed by atoms with E-state index in [1.54, 1.807) is 31.2 Å². The summed E-state index contributed by atoms with van der Waals surface area (Å²) in [6, 6.07) is 12.6. The summed E-state index contributed by atoms with van der Waals surface area (Å²) < 4.78 is 17.4. The first kappa shape index (κ1) is 22.0. The number of benzene rings is 2. The Labute approximate surface area is 191 Å². The van der Waals surface area contributed by atoms with Gasteiger partial charge in [-0.1, -0.05) is 16.8 Å². The van der Waals surface area contributed by atoms with Crippen LogP contribution in [0.5, 0.6) is 5.75 Å². The largest absolute Gasteiger partial charge is 0.481 e. The standard InChI is InChI=1S/C21H16ClN5O6/c1-2-31-21(28)19-17(11-26(24-19)15-7-9-16(10-8-15)27(29)30)32-12-18-23-20(33-25-18)13-3-5-14(22)6-4-13/h3-11H,2,12H2,1H3. The van der Waals surface area contributed by atoms with E-state index in [1.165, 1.54) is 35.1 Å². The molecule has 0 unspecified atom stereocenters. The second kappa shape index (κ2) is 9.49. The first-order chi connectivity index (χ1) is 15.9. The topological polar surface area (TPSA) is 135 Å². The number of nitro groups is 1. The zero-order chi connectivity index (χ0) is 23.4. The maximum Gasteiger partial charge on any atom is 0.362 e. The van der Waals surface area contributed by atoms with E-state index in [-0.39, 0.29) is 42.1 Å². The van der Waals surface area contributed by atoms with E-state index in [0.29, 0.717) is 16.3 Å². The smallest absolute Gasteiger partial charge is 0.362 e. The fraction of sp³-hybridized carbons (Fsp3) is 0.143. The molecule has 4 rings (SSSR count). The molecule has 0 saturated heterocycles. The molecule has 0 N–H and O–H groups in total. The molecule has 11 nitrogen and oxygen atoms in total. The van der Waals surface area contributed by atoms with Gasteiger partial charge in [-0.2, -0.15) is 10.1 Å². The van der Waals surface area contributed by atoms with Crippen molar-refractivity contribution in [2.24, 2.45) is 0 Å². The van der Waals surface area contributed by atoms with E-state index in [4.69, 9.17) is 25.6 Å². The molecular weight excluding hydrogens is 454 g/mol. The number of rotatable bonds is 8. The van der Waals surface area contributed by atoms with E-state index in [2.05, 4.69) is 15.2 Å². The number of aromatic nitrogens is 4. The van der Waals surface area contributed by atoms with Crippen LogP contribution in [0.25, 0.3) is 17.1 Å². The average Bonchev–Trinajstić information content (AvgIpc) is 3.46. The van der Waals surface area contributed by atoms with Gasteiger partial charge in [0, 0.05) is 22.7 Å². The first-order valence-electron chi connectivity index (χ1n) is 9.67. The van der Waals surface area contributed by atoms with E-state index in [0.717, 1.165) is 0 Å². The van der Waals surface area contributed by atoms with Gasteiger partial charge < -0.3 is 14.0 Å². The summed E-state index contributed by atoms with van der Waals surface area (Å²) >= 11 is 5.89. The summed E-state index contributed by atoms with van der Waals surface area (Å²) in [7, 11) is 0. The van der Waals surface area contributed by atoms with Crippen molar-refractivity contribution in [3.05, 3.63) is 81.4 Å². The van der Waals surface area contributed by atoms with Gasteiger partial charge in [-0.15, -0.1) is 0 Å². The summed E-state index contributed by atoms with van der Waals surface area (Å²) in [6.07, 6.45) is 1.47. The van der Waals surface area contributed by atoms with Gasteiger partial charge in [-0.05, 0) is 43.3 Å². The minimum Gasteiger partial charge on any atom is -0.481 e. The predicted octanol–water partition coefficient (Wildman–Crippen LogP) is 4.24. The molecule has 168 valence electrons. The first-order valence-corrected chi connectivity index (χ1v) is 10.1. The monoisotopic (exact) mass is 469 g/mol. The van der Waals surface area contributed by atoms with Crippen LogP contribution in [0.15, 0.2) is 59.3 Å². The highest BCUT2D eigenvalue weighted by Crippen LogP contribution is 2.24. The summed E-state index contributed by atoms with van der Waals surface area (Å²) in [5.74, 6) is -0.0110. The maximum absolute atomic E-state index is 12.4. The molecule has 0 bridgehead atoms. The lowest BCUT2D eigenvalue weighted by Gasteiger charge is -2.02. The Morgan fingerprint density at radius 1 is 1.18 bits per heavy atom. The lowest BCUT2D eigenvalue weighted by Crippen LogP contribution is -2.09. The Balaban J connectivity index is 1.55. The van der Waals surface area contributed by atoms with E-state index in [1.807, 2.05) is 0 Å². The van der Waals surface area contributed by atoms with Gasteiger partial charge in [0.15, 0.2) is 12.4 Å². The molecule has 2 aromatic carbocycles. The number of carbonyl (C=O) groups excluding carboxylic acids is 1. The van der Waals surface area contributed by atoms with Crippen LogP contribution >= 0.6 is 11.6 Å². The number of hydrogen-bond acceptors (Lipinski definition) is 9. The van der Waals surface area contributed by atoms with Crippen molar-refractivity contribution in [1.82, 2.24) is 19.9 Å². The molecule has 33 heavy (non-hydrogen) atoms. The molecule has 0 amide bonds. The highest BCUT2D eigenvalue weighted by molar-refractivity contribution is 6.30. The summed E-state index contributed by atoms with van der Waals surface area (Å²) in [6.45, 7) is 1.72. The molecule has 0 saturated carbocycles. The van der Waals surface area contributed by atoms with Crippen molar-refractivity contribution in [2.75, 3.05) is 6.61 Å². The number of halogens is 1. The maximum atomic E-state index is 12.4. The zero-order valence-corrected chi connectivity index (χ0v) is 17.9. The fourth-order valence-corrected chi connectivity index (χ4v) is 2.95. The molecule has 4 aromatic rings. The minimum atomic E-state index is -0.678. The lowest BCUT2D eigenvalue weighted by molar-refractivity contribution is -0.384. The van der Waals surface area contributed by atoms with Crippen LogP contribution in [0.2, 0.25) is 5.02 Å². The molecule has 2 heterocycles. The second-order valence-electron chi connectivity index (χ2n) is 6.59. The van der Waals surface area contributed by atoms with Gasteiger partial charge in [0.05, 0.1) is 23.4 Å². The number of nitro benzene ring substituents is 1. The average molecular weight is 470 g/mol. The van der Waals surface area contributed by atoms with Crippen LogP contribution < -0.4 is 4.74 Å². The molecule has 0 spiro atoms. The third kappa shape index (κ3) is 4.99. The van der Waals surface area contributed by atoms with Crippen molar-refractivity contribution < 1.29 is 23.7 Å². The van der Waals surface area contributed by atoms with Gasteiger partial charge in [0.1, 0.15) is 0 Å². The highest BCUT2D eigenvalue weighted by Gasteiger charge is 2.21. The second-order valence-corrected chi connectivity index (χ2v) is 7.03. The Morgan fingerprint density at radius 2 is 1.91 bits per heavy atom. The molecule has 2 aromatic heterocycles. The normalized spacial score (nSPS) is 10.7. The lowest BCUT2D eigenvalue weighted by atomic mass is 10.2. The van der Waals surface area contributed by atoms with Gasteiger partial charge >= 0.3 is 5.97 Å². The van der Waals surface area contributed by atoms with E-state index < -0.39 is 10.9 Å². The third-order valence-corrected chi connectivity index (χ3v) is 4.64. The third-order valence-electron chi connectivity index (χ3n) is 4.39. The number of hydrogen-bond donors (Lipinski definition) is 0. The Kier molecular flexibility index (Phi) is 6.31. The van der Waals surface area contributed by atoms with Crippen molar-refractivity contribution in [3.63, 3.8) is 0 Å². The fourth-order valence-electron chi connectivity index (χ4n) is 2.83. The Morgan fingerprint density at radius 3 is 2.58 bits per heavy atom. The summed E-state index contributed by atoms with van der Waals surface area (Å²) in [5, 5.41) is 19.6. The van der Waals surface area contributed by atoms with Crippen molar-refractivity contribution in [2.45, 2.75) is 13.5 Å². The molecule has 12 heteroatoms. The number of nitrogens with zero attached hydrogens (tertiary/aromatic N) is 5. The quantitative estimate of drug-likeness (QED) is 0.211. The van der Waals surface area contributed by atoms with Crippen molar-refractivity contribution >= 4 is 23.3 Å². The molecule has 0 atom stereocenters. The van der Waals surface area contributed by atoms with E-state index >= 15 is 0 Å². The van der Waals surface area contributed by atoms with Crippen molar-refractivity contribution in [1.29, 1.82) is 0 Å². The van der Waals surface area contributed by atoms with Crippen molar-refractivity contribution in [3.8, 4) is 22.9 Å². The van der Waals surface area contributed by atoms with Gasteiger partial charge in [0.25, 0.3) is 11.6 Å².